The van der Waals surface area contributed by atoms with E-state index in [9.17, 15) is 13.2 Å². The first-order chi connectivity index (χ1) is 11.1. The number of aromatic nitrogens is 2. The predicted octanol–water partition coefficient (Wildman–Crippen LogP) is 0.547. The number of fused-ring (bicyclic) bond motifs is 1. The molecule has 0 aliphatic carbocycles. The molecule has 0 unspecified atom stereocenters. The Bertz CT molecular complexity index is 861. The number of nitrogens with one attached hydrogen (secondary N) is 1. The minimum atomic E-state index is -3.63. The molecule has 2 aromatic rings. The van der Waals surface area contributed by atoms with Gasteiger partial charge in [-0.15, -0.1) is 0 Å². The van der Waals surface area contributed by atoms with Crippen molar-refractivity contribution in [2.24, 2.45) is 0 Å². The minimum absolute atomic E-state index is 0.172. The van der Waals surface area contributed by atoms with Crippen LogP contribution in [-0.2, 0) is 23.0 Å². The molecule has 122 valence electrons. The molecule has 2 heterocycles. The molecule has 23 heavy (non-hydrogen) atoms. The normalized spacial score (nSPS) is 13.6. The fourth-order valence-electron chi connectivity index (χ4n) is 2.49. The summed E-state index contributed by atoms with van der Waals surface area (Å²) in [5.41, 5.74) is 0.569. The SMILES string of the molecule is O=c1ncccn1CCCNS(=O)(=O)c1cccc2c1OCC2. The molecule has 1 aromatic carbocycles. The molecule has 0 amide bonds. The van der Waals surface area contributed by atoms with Crippen LogP contribution in [0, 0.1) is 0 Å². The third kappa shape index (κ3) is 3.43. The van der Waals surface area contributed by atoms with Crippen LogP contribution in [0.4, 0.5) is 0 Å². The van der Waals surface area contributed by atoms with Gasteiger partial charge in [-0.05, 0) is 24.1 Å². The Morgan fingerprint density at radius 3 is 3.00 bits per heavy atom. The van der Waals surface area contributed by atoms with Crippen molar-refractivity contribution in [2.45, 2.75) is 24.3 Å². The molecule has 8 heteroatoms. The molecule has 3 rings (SSSR count). The lowest BCUT2D eigenvalue weighted by molar-refractivity contribution is 0.348. The Hall–Kier alpha value is -2.19. The van der Waals surface area contributed by atoms with Gasteiger partial charge in [0.2, 0.25) is 10.0 Å². The van der Waals surface area contributed by atoms with Crippen LogP contribution in [0.2, 0.25) is 0 Å². The second-order valence-electron chi connectivity index (χ2n) is 5.19. The molecule has 0 bridgehead atoms. The van der Waals surface area contributed by atoms with Gasteiger partial charge < -0.3 is 4.74 Å². The third-order valence-electron chi connectivity index (χ3n) is 3.62. The molecule has 0 saturated heterocycles. The van der Waals surface area contributed by atoms with Gasteiger partial charge in [0.05, 0.1) is 6.61 Å². The predicted molar refractivity (Wildman–Crippen MR) is 83.9 cm³/mol. The van der Waals surface area contributed by atoms with Gasteiger partial charge in [-0.25, -0.2) is 22.9 Å². The minimum Gasteiger partial charge on any atom is -0.492 e. The van der Waals surface area contributed by atoms with Crippen molar-refractivity contribution in [3.63, 3.8) is 0 Å². The van der Waals surface area contributed by atoms with E-state index in [0.717, 1.165) is 12.0 Å². The fourth-order valence-corrected chi connectivity index (χ4v) is 3.75. The van der Waals surface area contributed by atoms with E-state index in [0.29, 0.717) is 25.3 Å². The van der Waals surface area contributed by atoms with Crippen LogP contribution in [0.25, 0.3) is 0 Å². The Morgan fingerprint density at radius 1 is 1.30 bits per heavy atom. The van der Waals surface area contributed by atoms with Crippen LogP contribution in [0.3, 0.4) is 0 Å². The van der Waals surface area contributed by atoms with Crippen LogP contribution in [-0.4, -0.2) is 31.1 Å². The standard InChI is InChI=1S/C15H17N3O4S/c19-15-16-7-2-9-18(15)10-3-8-17-23(20,21)13-5-1-4-12-6-11-22-14(12)13/h1-2,4-5,7,9,17H,3,6,8,10-11H2. The summed E-state index contributed by atoms with van der Waals surface area (Å²) < 4.78 is 34.2. The maximum atomic E-state index is 12.4. The maximum Gasteiger partial charge on any atom is 0.347 e. The van der Waals surface area contributed by atoms with Crippen molar-refractivity contribution in [1.82, 2.24) is 14.3 Å². The van der Waals surface area contributed by atoms with E-state index in [-0.39, 0.29) is 17.1 Å². The van der Waals surface area contributed by atoms with Crippen molar-refractivity contribution in [3.05, 3.63) is 52.7 Å². The lowest BCUT2D eigenvalue weighted by Gasteiger charge is -2.10. The summed E-state index contributed by atoms with van der Waals surface area (Å²) in [5.74, 6) is 0.448. The summed E-state index contributed by atoms with van der Waals surface area (Å²) in [6.07, 6.45) is 4.27. The number of rotatable bonds is 6. The average Bonchev–Trinajstić information content (AvgIpc) is 3.01. The number of hydrogen-bond donors (Lipinski definition) is 1. The summed E-state index contributed by atoms with van der Waals surface area (Å²) in [4.78, 5) is 15.3. The van der Waals surface area contributed by atoms with E-state index >= 15 is 0 Å². The molecule has 1 aliphatic heterocycles. The molecule has 1 N–H and O–H groups in total. The quantitative estimate of drug-likeness (QED) is 0.779. The van der Waals surface area contributed by atoms with Gasteiger partial charge in [-0.1, -0.05) is 12.1 Å². The van der Waals surface area contributed by atoms with Crippen molar-refractivity contribution in [1.29, 1.82) is 0 Å². The van der Waals surface area contributed by atoms with Crippen LogP contribution >= 0.6 is 0 Å². The van der Waals surface area contributed by atoms with Crippen molar-refractivity contribution < 1.29 is 13.2 Å². The van der Waals surface area contributed by atoms with Gasteiger partial charge in [-0.2, -0.15) is 0 Å². The molecule has 0 radical (unpaired) electrons. The zero-order valence-corrected chi connectivity index (χ0v) is 13.3. The molecule has 0 fully saturated rings. The Labute approximate surface area is 134 Å². The number of nitrogens with zero attached hydrogens (tertiary/aromatic N) is 2. The first-order valence-corrected chi connectivity index (χ1v) is 8.82. The highest BCUT2D eigenvalue weighted by atomic mass is 32.2. The van der Waals surface area contributed by atoms with Crippen molar-refractivity contribution >= 4 is 10.0 Å². The molecular weight excluding hydrogens is 318 g/mol. The number of aryl methyl sites for hydroxylation is 1. The molecule has 0 spiro atoms. The van der Waals surface area contributed by atoms with E-state index < -0.39 is 10.0 Å². The number of hydrogen-bond acceptors (Lipinski definition) is 5. The molecule has 0 atom stereocenters. The molecule has 0 saturated carbocycles. The topological polar surface area (TPSA) is 90.3 Å². The highest BCUT2D eigenvalue weighted by molar-refractivity contribution is 7.89. The van der Waals surface area contributed by atoms with Crippen LogP contribution in [0.5, 0.6) is 5.75 Å². The fraction of sp³-hybridized carbons (Fsp3) is 0.333. The lowest BCUT2D eigenvalue weighted by Crippen LogP contribution is -2.28. The number of benzene rings is 1. The number of ether oxygens (including phenoxy) is 1. The van der Waals surface area contributed by atoms with Crippen LogP contribution < -0.4 is 15.1 Å². The van der Waals surface area contributed by atoms with Crippen molar-refractivity contribution in [3.8, 4) is 5.75 Å². The molecule has 1 aromatic heterocycles. The summed E-state index contributed by atoms with van der Waals surface area (Å²) in [7, 11) is -3.63. The zero-order valence-electron chi connectivity index (χ0n) is 12.4. The number of sulfonamides is 1. The average molecular weight is 335 g/mol. The monoisotopic (exact) mass is 335 g/mol. The third-order valence-corrected chi connectivity index (χ3v) is 5.10. The van der Waals surface area contributed by atoms with Gasteiger partial charge in [0.15, 0.2) is 0 Å². The Kier molecular flexibility index (Phi) is 4.44. The largest absolute Gasteiger partial charge is 0.492 e. The van der Waals surface area contributed by atoms with Gasteiger partial charge in [0, 0.05) is 31.9 Å². The maximum absolute atomic E-state index is 12.4. The van der Waals surface area contributed by atoms with Crippen LogP contribution in [0.1, 0.15) is 12.0 Å². The van der Waals surface area contributed by atoms with E-state index in [1.807, 2.05) is 6.07 Å². The van der Waals surface area contributed by atoms with Gasteiger partial charge >= 0.3 is 5.69 Å². The highest BCUT2D eigenvalue weighted by Gasteiger charge is 2.24. The number of para-hydroxylation sites is 1. The van der Waals surface area contributed by atoms with Crippen molar-refractivity contribution in [2.75, 3.05) is 13.2 Å². The second-order valence-corrected chi connectivity index (χ2v) is 6.93. The molecular formula is C15H17N3O4S. The second kappa shape index (κ2) is 6.51. The van der Waals surface area contributed by atoms with E-state index in [2.05, 4.69) is 9.71 Å². The van der Waals surface area contributed by atoms with E-state index in [1.54, 1.807) is 18.3 Å². The molecule has 1 aliphatic rings. The van der Waals surface area contributed by atoms with Gasteiger partial charge in [-0.3, -0.25) is 4.57 Å². The van der Waals surface area contributed by atoms with E-state index in [1.165, 1.54) is 16.8 Å². The van der Waals surface area contributed by atoms with Gasteiger partial charge in [0.25, 0.3) is 0 Å². The summed E-state index contributed by atoms with van der Waals surface area (Å²) >= 11 is 0. The zero-order chi connectivity index (χ0) is 16.3. The summed E-state index contributed by atoms with van der Waals surface area (Å²) in [6, 6.07) is 6.79. The Morgan fingerprint density at radius 2 is 2.17 bits per heavy atom. The smallest absolute Gasteiger partial charge is 0.347 e. The Balaban J connectivity index is 1.63. The summed E-state index contributed by atoms with van der Waals surface area (Å²) in [5, 5.41) is 0. The highest BCUT2D eigenvalue weighted by Crippen LogP contribution is 2.32. The lowest BCUT2D eigenvalue weighted by atomic mass is 10.2. The first-order valence-electron chi connectivity index (χ1n) is 7.34. The van der Waals surface area contributed by atoms with Gasteiger partial charge in [0.1, 0.15) is 10.6 Å². The molecule has 7 nitrogen and oxygen atoms in total. The van der Waals surface area contributed by atoms with E-state index in [4.69, 9.17) is 4.74 Å². The first kappa shape index (κ1) is 15.7. The summed E-state index contributed by atoms with van der Waals surface area (Å²) in [6.45, 7) is 1.14. The van der Waals surface area contributed by atoms with Crippen LogP contribution in [0.15, 0.2) is 46.3 Å².